The Morgan fingerprint density at radius 3 is 2.38 bits per heavy atom. The summed E-state index contributed by atoms with van der Waals surface area (Å²) in [5, 5.41) is 0. The van der Waals surface area contributed by atoms with Gasteiger partial charge in [-0.1, -0.05) is 33.1 Å². The summed E-state index contributed by atoms with van der Waals surface area (Å²) in [4.78, 5) is 0. The van der Waals surface area contributed by atoms with E-state index in [-0.39, 0.29) is 0 Å². The SMILES string of the molecule is CCCCC(CC)CNS(=O)(=O)Cl. The lowest BCUT2D eigenvalue weighted by Crippen LogP contribution is -2.25. The molecule has 1 atom stereocenters. The number of unbranched alkanes of at least 4 members (excludes halogenated alkanes) is 1. The molecule has 0 spiro atoms. The van der Waals surface area contributed by atoms with Gasteiger partial charge >= 0.3 is 0 Å². The van der Waals surface area contributed by atoms with Crippen molar-refractivity contribution in [3.8, 4) is 0 Å². The highest BCUT2D eigenvalue weighted by Gasteiger charge is 2.09. The number of hydrogen-bond acceptors (Lipinski definition) is 2. The zero-order valence-corrected chi connectivity index (χ0v) is 9.79. The van der Waals surface area contributed by atoms with E-state index in [1.54, 1.807) is 0 Å². The molecule has 0 amide bonds. The van der Waals surface area contributed by atoms with Crippen LogP contribution < -0.4 is 4.72 Å². The van der Waals surface area contributed by atoms with E-state index in [0.717, 1.165) is 25.7 Å². The average molecular weight is 228 g/mol. The summed E-state index contributed by atoms with van der Waals surface area (Å²) in [6, 6.07) is 0. The van der Waals surface area contributed by atoms with Crippen molar-refractivity contribution in [2.24, 2.45) is 5.92 Å². The zero-order valence-electron chi connectivity index (χ0n) is 8.22. The van der Waals surface area contributed by atoms with Gasteiger partial charge in [-0.05, 0) is 12.3 Å². The fraction of sp³-hybridized carbons (Fsp3) is 1.00. The molecule has 0 aromatic heterocycles. The van der Waals surface area contributed by atoms with Crippen LogP contribution in [0.25, 0.3) is 0 Å². The van der Waals surface area contributed by atoms with Crippen molar-refractivity contribution in [2.45, 2.75) is 39.5 Å². The molecular formula is C8H18ClNO2S. The molecule has 0 saturated carbocycles. The van der Waals surface area contributed by atoms with Gasteiger partial charge in [-0.3, -0.25) is 0 Å². The van der Waals surface area contributed by atoms with Crippen molar-refractivity contribution >= 4 is 19.9 Å². The van der Waals surface area contributed by atoms with Crippen LogP contribution >= 0.6 is 10.7 Å². The summed E-state index contributed by atoms with van der Waals surface area (Å²) in [5.41, 5.74) is 0. The van der Waals surface area contributed by atoms with E-state index in [0.29, 0.717) is 12.5 Å². The molecule has 0 fully saturated rings. The van der Waals surface area contributed by atoms with Gasteiger partial charge in [-0.25, -0.2) is 4.72 Å². The molecule has 0 heterocycles. The van der Waals surface area contributed by atoms with Crippen molar-refractivity contribution in [3.63, 3.8) is 0 Å². The van der Waals surface area contributed by atoms with E-state index in [1.165, 1.54) is 0 Å². The number of rotatable bonds is 7. The van der Waals surface area contributed by atoms with Crippen molar-refractivity contribution in [1.29, 1.82) is 0 Å². The summed E-state index contributed by atoms with van der Waals surface area (Å²) in [5.74, 6) is 0.411. The fourth-order valence-corrected chi connectivity index (χ4v) is 1.78. The monoisotopic (exact) mass is 227 g/mol. The first-order valence-corrected chi connectivity index (χ1v) is 6.99. The van der Waals surface area contributed by atoms with E-state index >= 15 is 0 Å². The molecule has 0 aliphatic carbocycles. The Labute approximate surface area is 85.4 Å². The molecule has 0 aliphatic heterocycles. The molecule has 0 bridgehead atoms. The first kappa shape index (κ1) is 13.2. The van der Waals surface area contributed by atoms with Crippen LogP contribution in [-0.2, 0) is 9.24 Å². The summed E-state index contributed by atoms with van der Waals surface area (Å²) in [6.07, 6.45) is 4.33. The third kappa shape index (κ3) is 8.53. The van der Waals surface area contributed by atoms with Crippen LogP contribution in [0.4, 0.5) is 0 Å². The number of halogens is 1. The van der Waals surface area contributed by atoms with Crippen LogP contribution in [0, 0.1) is 5.92 Å². The zero-order chi connectivity index (χ0) is 10.3. The van der Waals surface area contributed by atoms with Gasteiger partial charge in [0.05, 0.1) is 0 Å². The minimum atomic E-state index is -3.53. The van der Waals surface area contributed by atoms with E-state index in [4.69, 9.17) is 10.7 Å². The molecule has 1 unspecified atom stereocenters. The average Bonchev–Trinajstić information content (AvgIpc) is 2.03. The summed E-state index contributed by atoms with van der Waals surface area (Å²) >= 11 is 0. The molecule has 0 rings (SSSR count). The van der Waals surface area contributed by atoms with Crippen LogP contribution in [0.15, 0.2) is 0 Å². The third-order valence-corrected chi connectivity index (χ3v) is 2.93. The van der Waals surface area contributed by atoms with E-state index in [9.17, 15) is 8.42 Å². The van der Waals surface area contributed by atoms with Gasteiger partial charge in [0, 0.05) is 17.2 Å². The second kappa shape index (κ2) is 6.62. The summed E-state index contributed by atoms with van der Waals surface area (Å²) in [6.45, 7) is 4.64. The molecule has 13 heavy (non-hydrogen) atoms. The maximum absolute atomic E-state index is 10.6. The molecule has 0 aliphatic rings. The molecule has 80 valence electrons. The van der Waals surface area contributed by atoms with Crippen LogP contribution in [0.2, 0.25) is 0 Å². The summed E-state index contributed by atoms with van der Waals surface area (Å²) in [7, 11) is 1.50. The van der Waals surface area contributed by atoms with Crippen molar-refractivity contribution < 1.29 is 8.42 Å². The third-order valence-electron chi connectivity index (χ3n) is 2.09. The standard InChI is InChI=1S/C8H18ClNO2S/c1-3-5-6-8(4-2)7-10-13(9,11)12/h8,10H,3-7H2,1-2H3. The second-order valence-electron chi connectivity index (χ2n) is 3.20. The van der Waals surface area contributed by atoms with E-state index in [2.05, 4.69) is 18.6 Å². The number of hydrogen-bond donors (Lipinski definition) is 1. The Bertz CT molecular complexity index is 216. The van der Waals surface area contributed by atoms with Crippen LogP contribution in [0.3, 0.4) is 0 Å². The lowest BCUT2D eigenvalue weighted by Gasteiger charge is -2.13. The maximum atomic E-state index is 10.6. The molecule has 0 saturated heterocycles. The molecular weight excluding hydrogens is 210 g/mol. The molecule has 0 aromatic carbocycles. The van der Waals surface area contributed by atoms with Gasteiger partial charge in [0.2, 0.25) is 0 Å². The van der Waals surface area contributed by atoms with Gasteiger partial charge in [0.15, 0.2) is 0 Å². The first-order valence-electron chi connectivity index (χ1n) is 4.68. The van der Waals surface area contributed by atoms with E-state index < -0.39 is 9.24 Å². The Morgan fingerprint density at radius 1 is 1.38 bits per heavy atom. The van der Waals surface area contributed by atoms with Crippen LogP contribution in [0.5, 0.6) is 0 Å². The molecule has 5 heteroatoms. The Kier molecular flexibility index (Phi) is 6.73. The lowest BCUT2D eigenvalue weighted by atomic mass is 10.00. The molecule has 3 nitrogen and oxygen atoms in total. The van der Waals surface area contributed by atoms with Gasteiger partial charge < -0.3 is 0 Å². The quantitative estimate of drug-likeness (QED) is 0.679. The summed E-state index contributed by atoms with van der Waals surface area (Å²) < 4.78 is 23.5. The maximum Gasteiger partial charge on any atom is 0.297 e. The van der Waals surface area contributed by atoms with Gasteiger partial charge in [-0.2, -0.15) is 8.42 Å². The van der Waals surface area contributed by atoms with Crippen molar-refractivity contribution in [1.82, 2.24) is 4.72 Å². The number of nitrogens with one attached hydrogen (secondary N) is 1. The molecule has 0 radical (unpaired) electrons. The smallest absolute Gasteiger partial charge is 0.202 e. The minimum absolute atomic E-state index is 0.411. The van der Waals surface area contributed by atoms with E-state index in [1.807, 2.05) is 0 Å². The molecule has 1 N–H and O–H groups in total. The highest BCUT2D eigenvalue weighted by atomic mass is 35.7. The highest BCUT2D eigenvalue weighted by molar-refractivity contribution is 8.12. The Hall–Kier alpha value is 0.200. The van der Waals surface area contributed by atoms with Gasteiger partial charge in [0.25, 0.3) is 9.24 Å². The largest absolute Gasteiger partial charge is 0.297 e. The van der Waals surface area contributed by atoms with Gasteiger partial charge in [0.1, 0.15) is 0 Å². The lowest BCUT2D eigenvalue weighted by molar-refractivity contribution is 0.445. The highest BCUT2D eigenvalue weighted by Crippen LogP contribution is 2.11. The topological polar surface area (TPSA) is 46.2 Å². The molecule has 0 aromatic rings. The Balaban J connectivity index is 3.72. The van der Waals surface area contributed by atoms with Crippen LogP contribution in [0.1, 0.15) is 39.5 Å². The second-order valence-corrected chi connectivity index (χ2v) is 5.59. The predicted molar refractivity (Wildman–Crippen MR) is 56.1 cm³/mol. The predicted octanol–water partition coefficient (Wildman–Crippen LogP) is 2.28. The normalized spacial score (nSPS) is 14.4. The van der Waals surface area contributed by atoms with Gasteiger partial charge in [-0.15, -0.1) is 0 Å². The Morgan fingerprint density at radius 2 is 2.00 bits per heavy atom. The minimum Gasteiger partial charge on any atom is -0.202 e. The van der Waals surface area contributed by atoms with Crippen molar-refractivity contribution in [3.05, 3.63) is 0 Å². The van der Waals surface area contributed by atoms with Crippen molar-refractivity contribution in [2.75, 3.05) is 6.54 Å². The first-order chi connectivity index (χ1) is 5.99. The fourth-order valence-electron chi connectivity index (χ4n) is 1.16. The van der Waals surface area contributed by atoms with Crippen LogP contribution in [-0.4, -0.2) is 15.0 Å².